The number of thiocarbonyl (C=S) groups is 1. The van der Waals surface area contributed by atoms with Crippen molar-refractivity contribution in [3.8, 4) is 5.75 Å². The van der Waals surface area contributed by atoms with E-state index in [-0.39, 0.29) is 6.10 Å². The molecule has 2 nitrogen and oxygen atoms in total. The van der Waals surface area contributed by atoms with Gasteiger partial charge in [-0.05, 0) is 49.8 Å². The van der Waals surface area contributed by atoms with Crippen molar-refractivity contribution in [3.05, 3.63) is 28.8 Å². The molecule has 0 saturated heterocycles. The number of hydrogen-bond acceptors (Lipinski definition) is 2. The van der Waals surface area contributed by atoms with E-state index in [2.05, 4.69) is 6.92 Å². The van der Waals surface area contributed by atoms with E-state index < -0.39 is 0 Å². The van der Waals surface area contributed by atoms with Crippen molar-refractivity contribution in [1.29, 1.82) is 0 Å². The van der Waals surface area contributed by atoms with Gasteiger partial charge >= 0.3 is 0 Å². The van der Waals surface area contributed by atoms with Crippen molar-refractivity contribution >= 4 is 28.8 Å². The summed E-state index contributed by atoms with van der Waals surface area (Å²) in [6.07, 6.45) is 6.32. The Bertz CT molecular complexity index is 463. The van der Waals surface area contributed by atoms with Crippen LogP contribution in [-0.2, 0) is 0 Å². The average Bonchev–Trinajstić information content (AvgIpc) is 2.41. The van der Waals surface area contributed by atoms with Crippen molar-refractivity contribution in [3.63, 3.8) is 0 Å². The van der Waals surface area contributed by atoms with Crippen LogP contribution in [-0.4, -0.2) is 11.1 Å². The van der Waals surface area contributed by atoms with Crippen molar-refractivity contribution in [2.45, 2.75) is 45.1 Å². The minimum absolute atomic E-state index is 0.271. The van der Waals surface area contributed by atoms with E-state index in [0.29, 0.717) is 15.9 Å². The largest absolute Gasteiger partial charge is 0.489 e. The Balaban J connectivity index is 2.20. The monoisotopic (exact) mass is 297 g/mol. The summed E-state index contributed by atoms with van der Waals surface area (Å²) in [5.41, 5.74) is 6.49. The highest BCUT2D eigenvalue weighted by molar-refractivity contribution is 7.80. The fraction of sp³-hybridized carbons (Fsp3) is 0.533. The van der Waals surface area contributed by atoms with E-state index in [1.165, 1.54) is 19.3 Å². The molecule has 1 aliphatic rings. The number of nitrogens with two attached hydrogens (primary N) is 1. The Morgan fingerprint density at radius 3 is 2.84 bits per heavy atom. The molecule has 2 rings (SSSR count). The lowest BCUT2D eigenvalue weighted by Crippen LogP contribution is -2.30. The van der Waals surface area contributed by atoms with E-state index in [1.54, 1.807) is 6.07 Å². The minimum Gasteiger partial charge on any atom is -0.489 e. The predicted octanol–water partition coefficient (Wildman–Crippen LogP) is 4.32. The van der Waals surface area contributed by atoms with Gasteiger partial charge < -0.3 is 10.5 Å². The third-order valence-electron chi connectivity index (χ3n) is 3.85. The van der Waals surface area contributed by atoms with Crippen LogP contribution in [0, 0.1) is 5.92 Å². The molecule has 1 fully saturated rings. The van der Waals surface area contributed by atoms with Crippen molar-refractivity contribution in [2.75, 3.05) is 0 Å². The second-order valence-electron chi connectivity index (χ2n) is 5.11. The Labute approximate surface area is 125 Å². The van der Waals surface area contributed by atoms with E-state index in [1.807, 2.05) is 12.1 Å². The molecule has 0 heterocycles. The van der Waals surface area contributed by atoms with Gasteiger partial charge in [0.05, 0.1) is 5.56 Å². The summed E-state index contributed by atoms with van der Waals surface area (Å²) < 4.78 is 6.18. The number of benzene rings is 1. The molecular weight excluding hydrogens is 278 g/mol. The van der Waals surface area contributed by atoms with Gasteiger partial charge in [0.1, 0.15) is 16.8 Å². The molecule has 2 unspecified atom stereocenters. The quantitative estimate of drug-likeness (QED) is 0.841. The van der Waals surface area contributed by atoms with Crippen molar-refractivity contribution in [2.24, 2.45) is 11.7 Å². The van der Waals surface area contributed by atoms with Crippen LogP contribution in [0.1, 0.15) is 44.6 Å². The smallest absolute Gasteiger partial charge is 0.130 e. The summed E-state index contributed by atoms with van der Waals surface area (Å²) in [7, 11) is 0. The van der Waals surface area contributed by atoms with Crippen molar-refractivity contribution < 1.29 is 4.74 Å². The number of hydrogen-bond donors (Lipinski definition) is 1. The Kier molecular flexibility index (Phi) is 5.06. The van der Waals surface area contributed by atoms with Gasteiger partial charge in [-0.3, -0.25) is 0 Å². The Morgan fingerprint density at radius 1 is 1.42 bits per heavy atom. The first-order valence-electron chi connectivity index (χ1n) is 6.87. The lowest BCUT2D eigenvalue weighted by Gasteiger charge is -2.31. The van der Waals surface area contributed by atoms with Gasteiger partial charge in [0.2, 0.25) is 0 Å². The Hall–Kier alpha value is -0.800. The number of ether oxygens (including phenoxy) is 1. The van der Waals surface area contributed by atoms with Crippen LogP contribution in [0.4, 0.5) is 0 Å². The third kappa shape index (κ3) is 3.61. The summed E-state index contributed by atoms with van der Waals surface area (Å²) in [4.78, 5) is 0.335. The van der Waals surface area contributed by atoms with Gasteiger partial charge in [-0.2, -0.15) is 0 Å². The standard InChI is InChI=1S/C15H20ClNOS/c1-2-10-5-3-4-6-13(10)18-14-8-7-11(16)9-12(14)15(17)19/h7-10,13H,2-6H2,1H3,(H2,17,19). The highest BCUT2D eigenvalue weighted by atomic mass is 35.5. The van der Waals surface area contributed by atoms with Gasteiger partial charge in [-0.1, -0.05) is 37.2 Å². The first-order chi connectivity index (χ1) is 9.11. The molecule has 2 N–H and O–H groups in total. The molecular formula is C15H20ClNOS. The second kappa shape index (κ2) is 6.58. The predicted molar refractivity (Wildman–Crippen MR) is 84.0 cm³/mol. The van der Waals surface area contributed by atoms with Crippen LogP contribution < -0.4 is 10.5 Å². The van der Waals surface area contributed by atoms with E-state index in [4.69, 9.17) is 34.3 Å². The van der Waals surface area contributed by atoms with Crippen LogP contribution in [0.2, 0.25) is 5.02 Å². The molecule has 1 aromatic carbocycles. The maximum absolute atomic E-state index is 6.18. The summed E-state index contributed by atoms with van der Waals surface area (Å²) in [6, 6.07) is 5.48. The molecule has 4 heteroatoms. The van der Waals surface area contributed by atoms with Gasteiger partial charge in [-0.15, -0.1) is 0 Å². The van der Waals surface area contributed by atoms with Crippen LogP contribution >= 0.6 is 23.8 Å². The molecule has 1 saturated carbocycles. The summed E-state index contributed by atoms with van der Waals surface area (Å²) in [5.74, 6) is 1.39. The maximum atomic E-state index is 6.18. The maximum Gasteiger partial charge on any atom is 0.130 e. The molecule has 0 bridgehead atoms. The zero-order valence-electron chi connectivity index (χ0n) is 11.2. The molecule has 104 valence electrons. The molecule has 19 heavy (non-hydrogen) atoms. The summed E-state index contributed by atoms with van der Waals surface area (Å²) in [5, 5.41) is 0.630. The van der Waals surface area contributed by atoms with E-state index in [0.717, 1.165) is 24.2 Å². The summed E-state index contributed by atoms with van der Waals surface area (Å²) in [6.45, 7) is 2.22. The number of halogens is 1. The Morgan fingerprint density at radius 2 is 2.16 bits per heavy atom. The van der Waals surface area contributed by atoms with Crippen molar-refractivity contribution in [1.82, 2.24) is 0 Å². The molecule has 1 aromatic rings. The molecule has 0 aliphatic heterocycles. The second-order valence-corrected chi connectivity index (χ2v) is 5.99. The summed E-state index contributed by atoms with van der Waals surface area (Å²) >= 11 is 11.1. The van der Waals surface area contributed by atoms with E-state index >= 15 is 0 Å². The fourth-order valence-electron chi connectivity index (χ4n) is 2.76. The third-order valence-corrected chi connectivity index (χ3v) is 4.30. The minimum atomic E-state index is 0.271. The van der Waals surface area contributed by atoms with Crippen LogP contribution in [0.3, 0.4) is 0 Å². The van der Waals surface area contributed by atoms with Gasteiger partial charge in [0, 0.05) is 5.02 Å². The lowest BCUT2D eigenvalue weighted by atomic mass is 9.84. The highest BCUT2D eigenvalue weighted by Gasteiger charge is 2.26. The van der Waals surface area contributed by atoms with Gasteiger partial charge in [-0.25, -0.2) is 0 Å². The molecule has 0 radical (unpaired) electrons. The SMILES string of the molecule is CCC1CCCCC1Oc1ccc(Cl)cc1C(N)=S. The van der Waals surface area contributed by atoms with Gasteiger partial charge in [0.25, 0.3) is 0 Å². The van der Waals surface area contributed by atoms with Crippen LogP contribution in [0.15, 0.2) is 18.2 Å². The molecule has 0 aromatic heterocycles. The topological polar surface area (TPSA) is 35.2 Å². The molecule has 0 spiro atoms. The van der Waals surface area contributed by atoms with Crippen LogP contribution in [0.5, 0.6) is 5.75 Å². The number of rotatable bonds is 4. The van der Waals surface area contributed by atoms with E-state index in [9.17, 15) is 0 Å². The van der Waals surface area contributed by atoms with Gasteiger partial charge in [0.15, 0.2) is 0 Å². The normalized spacial score (nSPS) is 23.1. The van der Waals surface area contributed by atoms with Crippen LogP contribution in [0.25, 0.3) is 0 Å². The zero-order valence-corrected chi connectivity index (χ0v) is 12.8. The fourth-order valence-corrected chi connectivity index (χ4v) is 3.09. The first kappa shape index (κ1) is 14.6. The first-order valence-corrected chi connectivity index (χ1v) is 7.66. The molecule has 1 aliphatic carbocycles. The average molecular weight is 298 g/mol. The molecule has 0 amide bonds. The lowest BCUT2D eigenvalue weighted by molar-refractivity contribution is 0.0902. The zero-order chi connectivity index (χ0) is 13.8. The highest BCUT2D eigenvalue weighted by Crippen LogP contribution is 2.32. The molecule has 2 atom stereocenters.